The number of amides is 1. The van der Waals surface area contributed by atoms with E-state index in [1.807, 2.05) is 20.2 Å². The summed E-state index contributed by atoms with van der Waals surface area (Å²) in [5.74, 6) is -0.0298. The summed E-state index contributed by atoms with van der Waals surface area (Å²) in [5, 5.41) is 10.3. The Morgan fingerprint density at radius 3 is 2.58 bits per heavy atom. The number of nitrogens with zero attached hydrogens (tertiary/aromatic N) is 2. The van der Waals surface area contributed by atoms with E-state index in [2.05, 4.69) is 47.8 Å². The van der Waals surface area contributed by atoms with Gasteiger partial charge in [-0.25, -0.2) is 0 Å². The third-order valence-electron chi connectivity index (χ3n) is 4.02. The quantitative estimate of drug-likeness (QED) is 0.841. The number of likely N-dealkylation sites (N-methyl/N-ethyl adjacent to an activating group) is 1. The van der Waals surface area contributed by atoms with Crippen LogP contribution in [-0.4, -0.2) is 28.8 Å². The molecule has 0 radical (unpaired) electrons. The molecule has 2 aromatic rings. The van der Waals surface area contributed by atoms with Crippen molar-refractivity contribution < 1.29 is 4.79 Å². The zero-order valence-electron chi connectivity index (χ0n) is 15.0. The number of carbonyl (C=O) groups excluding carboxylic acids is 1. The van der Waals surface area contributed by atoms with Crippen LogP contribution < -0.4 is 10.6 Å². The lowest BCUT2D eigenvalue weighted by atomic mass is 9.99. The van der Waals surface area contributed by atoms with Crippen molar-refractivity contribution in [2.45, 2.75) is 39.3 Å². The van der Waals surface area contributed by atoms with E-state index in [0.29, 0.717) is 0 Å². The third kappa shape index (κ3) is 5.08. The van der Waals surface area contributed by atoms with Crippen LogP contribution in [0.15, 0.2) is 30.6 Å². The highest BCUT2D eigenvalue weighted by atomic mass is 35.5. The van der Waals surface area contributed by atoms with E-state index in [0.717, 1.165) is 12.0 Å². The van der Waals surface area contributed by atoms with Gasteiger partial charge in [-0.2, -0.15) is 5.10 Å². The maximum absolute atomic E-state index is 12.5. The highest BCUT2D eigenvalue weighted by Gasteiger charge is 2.21. The van der Waals surface area contributed by atoms with E-state index in [9.17, 15) is 4.79 Å². The number of aryl methyl sites for hydroxylation is 3. The first-order valence-corrected chi connectivity index (χ1v) is 7.93. The first kappa shape index (κ1) is 20.2. The number of hydrogen-bond donors (Lipinski definition) is 2. The topological polar surface area (TPSA) is 59.0 Å². The van der Waals surface area contributed by atoms with Gasteiger partial charge in [0.1, 0.15) is 6.04 Å². The molecule has 0 aliphatic carbocycles. The molecule has 2 N–H and O–H groups in total. The molecule has 6 heteroatoms. The smallest absolute Gasteiger partial charge is 0.242 e. The zero-order chi connectivity index (χ0) is 17.0. The molecule has 0 spiro atoms. The molecule has 1 aromatic heterocycles. The summed E-state index contributed by atoms with van der Waals surface area (Å²) in [5.41, 5.74) is 4.66. The summed E-state index contributed by atoms with van der Waals surface area (Å²) in [4.78, 5) is 12.5. The molecule has 2 atom stereocenters. The lowest BCUT2D eigenvalue weighted by molar-refractivity contribution is -0.123. The van der Waals surface area contributed by atoms with Crippen molar-refractivity contribution >= 4 is 18.3 Å². The highest BCUT2D eigenvalue weighted by molar-refractivity contribution is 5.85. The van der Waals surface area contributed by atoms with Crippen LogP contribution in [0.2, 0.25) is 0 Å². The molecule has 0 aliphatic heterocycles. The monoisotopic (exact) mass is 350 g/mol. The van der Waals surface area contributed by atoms with Gasteiger partial charge in [-0.15, -0.1) is 12.4 Å². The number of benzene rings is 1. The Balaban J connectivity index is 0.00000288. The van der Waals surface area contributed by atoms with Crippen LogP contribution in [0.1, 0.15) is 35.2 Å². The molecule has 0 fully saturated rings. The second-order valence-electron chi connectivity index (χ2n) is 6.21. The molecule has 0 aliphatic rings. The number of hydrogen-bond acceptors (Lipinski definition) is 3. The van der Waals surface area contributed by atoms with Crippen LogP contribution in [0, 0.1) is 13.8 Å². The van der Waals surface area contributed by atoms with Crippen molar-refractivity contribution in [3.8, 4) is 0 Å². The fourth-order valence-corrected chi connectivity index (χ4v) is 2.82. The number of carbonyl (C=O) groups is 1. The maximum atomic E-state index is 12.5. The fourth-order valence-electron chi connectivity index (χ4n) is 2.82. The van der Waals surface area contributed by atoms with Crippen LogP contribution in [0.4, 0.5) is 0 Å². The first-order valence-electron chi connectivity index (χ1n) is 7.93. The Morgan fingerprint density at radius 1 is 1.33 bits per heavy atom. The Bertz CT molecular complexity index is 683. The minimum absolute atomic E-state index is 0. The molecule has 1 heterocycles. The largest absolute Gasteiger partial charge is 0.352 e. The van der Waals surface area contributed by atoms with Gasteiger partial charge < -0.3 is 10.6 Å². The van der Waals surface area contributed by atoms with Gasteiger partial charge in [0.2, 0.25) is 5.91 Å². The van der Waals surface area contributed by atoms with Crippen LogP contribution in [-0.2, 0) is 18.3 Å². The van der Waals surface area contributed by atoms with E-state index in [1.54, 1.807) is 17.9 Å². The van der Waals surface area contributed by atoms with Crippen LogP contribution >= 0.6 is 12.4 Å². The van der Waals surface area contributed by atoms with E-state index in [-0.39, 0.29) is 30.4 Å². The summed E-state index contributed by atoms with van der Waals surface area (Å²) in [7, 11) is 3.63. The van der Waals surface area contributed by atoms with Crippen molar-refractivity contribution in [2.24, 2.45) is 7.05 Å². The number of halogens is 1. The van der Waals surface area contributed by atoms with Gasteiger partial charge in [-0.3, -0.25) is 9.48 Å². The van der Waals surface area contributed by atoms with E-state index in [4.69, 9.17) is 0 Å². The standard InChI is InChI=1S/C18H26N4O.ClH/c1-12-6-7-15(13(2)8-12)9-14(3)21-18(23)17(19-4)16-10-20-22(5)11-16;/h6-8,10-11,14,17,19H,9H2,1-5H3,(H,21,23);1H. The number of aromatic nitrogens is 2. The molecular weight excluding hydrogens is 324 g/mol. The lowest BCUT2D eigenvalue weighted by Gasteiger charge is -2.20. The summed E-state index contributed by atoms with van der Waals surface area (Å²) in [6.45, 7) is 6.24. The SMILES string of the molecule is CNC(C(=O)NC(C)Cc1ccc(C)cc1C)c1cnn(C)c1.Cl. The highest BCUT2D eigenvalue weighted by Crippen LogP contribution is 2.14. The molecule has 24 heavy (non-hydrogen) atoms. The van der Waals surface area contributed by atoms with Gasteiger partial charge in [0.25, 0.3) is 0 Å². The minimum Gasteiger partial charge on any atom is -0.352 e. The maximum Gasteiger partial charge on any atom is 0.242 e. The molecule has 0 saturated heterocycles. The van der Waals surface area contributed by atoms with Crippen molar-refractivity contribution in [2.75, 3.05) is 7.05 Å². The zero-order valence-corrected chi connectivity index (χ0v) is 15.8. The van der Waals surface area contributed by atoms with Gasteiger partial charge in [0.15, 0.2) is 0 Å². The van der Waals surface area contributed by atoms with Crippen molar-refractivity contribution in [3.05, 3.63) is 52.8 Å². The number of nitrogens with one attached hydrogen (secondary N) is 2. The normalized spacial score (nSPS) is 13.0. The van der Waals surface area contributed by atoms with Gasteiger partial charge in [0, 0.05) is 24.8 Å². The summed E-state index contributed by atoms with van der Waals surface area (Å²) in [6.07, 6.45) is 4.40. The minimum atomic E-state index is -0.384. The van der Waals surface area contributed by atoms with Crippen molar-refractivity contribution in [3.63, 3.8) is 0 Å². The van der Waals surface area contributed by atoms with Crippen LogP contribution in [0.25, 0.3) is 0 Å². The molecule has 1 amide bonds. The Morgan fingerprint density at radius 2 is 2.04 bits per heavy atom. The molecular formula is C18H27ClN4O. The Kier molecular flexibility index (Phi) is 7.45. The Labute approximate surface area is 150 Å². The average molecular weight is 351 g/mol. The molecule has 0 bridgehead atoms. The lowest BCUT2D eigenvalue weighted by Crippen LogP contribution is -2.41. The third-order valence-corrected chi connectivity index (χ3v) is 4.02. The second kappa shape index (κ2) is 8.85. The molecule has 5 nitrogen and oxygen atoms in total. The van der Waals surface area contributed by atoms with Gasteiger partial charge >= 0.3 is 0 Å². The average Bonchev–Trinajstić information content (AvgIpc) is 2.89. The van der Waals surface area contributed by atoms with Crippen molar-refractivity contribution in [1.82, 2.24) is 20.4 Å². The second-order valence-corrected chi connectivity index (χ2v) is 6.21. The predicted octanol–water partition coefficient (Wildman–Crippen LogP) is 2.47. The molecule has 0 saturated carbocycles. The number of rotatable bonds is 6. The van der Waals surface area contributed by atoms with E-state index >= 15 is 0 Å². The van der Waals surface area contributed by atoms with E-state index < -0.39 is 0 Å². The fraction of sp³-hybridized carbons (Fsp3) is 0.444. The van der Waals surface area contributed by atoms with Crippen LogP contribution in [0.3, 0.4) is 0 Å². The summed E-state index contributed by atoms with van der Waals surface area (Å²) >= 11 is 0. The summed E-state index contributed by atoms with van der Waals surface area (Å²) in [6, 6.07) is 6.12. The Hall–Kier alpha value is -1.85. The molecule has 2 rings (SSSR count). The first-order chi connectivity index (χ1) is 10.9. The molecule has 132 valence electrons. The molecule has 1 aromatic carbocycles. The summed E-state index contributed by atoms with van der Waals surface area (Å²) < 4.78 is 1.70. The van der Waals surface area contributed by atoms with Crippen molar-refractivity contribution in [1.29, 1.82) is 0 Å². The molecule has 2 unspecified atom stereocenters. The van der Waals surface area contributed by atoms with Gasteiger partial charge in [-0.1, -0.05) is 23.8 Å². The predicted molar refractivity (Wildman–Crippen MR) is 99.5 cm³/mol. The van der Waals surface area contributed by atoms with Gasteiger partial charge in [-0.05, 0) is 45.4 Å². The van der Waals surface area contributed by atoms with Crippen LogP contribution in [0.5, 0.6) is 0 Å². The van der Waals surface area contributed by atoms with E-state index in [1.165, 1.54) is 16.7 Å². The van der Waals surface area contributed by atoms with Gasteiger partial charge in [0.05, 0.1) is 6.20 Å².